The molecular formula is C29H31NO2. The second-order valence-corrected chi connectivity index (χ2v) is 9.84. The van der Waals surface area contributed by atoms with Crippen molar-refractivity contribution >= 4 is 0 Å². The highest BCUT2D eigenvalue weighted by molar-refractivity contribution is 5.62. The molecule has 3 aliphatic rings. The van der Waals surface area contributed by atoms with Gasteiger partial charge in [0.05, 0.1) is 13.2 Å². The summed E-state index contributed by atoms with van der Waals surface area (Å²) in [5.41, 5.74) is 7.29. The quantitative estimate of drug-likeness (QED) is 0.604. The largest absolute Gasteiger partial charge is 0.497 e. The number of hydrogen-bond acceptors (Lipinski definition) is 3. The zero-order valence-corrected chi connectivity index (χ0v) is 18.7. The number of ether oxygens (including phenoxy) is 1. The normalized spacial score (nSPS) is 25.4. The fraction of sp³-hybridized carbons (Fsp3) is 0.379. The Morgan fingerprint density at radius 2 is 1.50 bits per heavy atom. The van der Waals surface area contributed by atoms with Crippen LogP contribution in [0.4, 0.5) is 0 Å². The molecule has 2 bridgehead atoms. The molecule has 3 nitrogen and oxygen atoms in total. The van der Waals surface area contributed by atoms with Crippen molar-refractivity contribution in [2.75, 3.05) is 26.7 Å². The summed E-state index contributed by atoms with van der Waals surface area (Å²) >= 11 is 0. The topological polar surface area (TPSA) is 32.7 Å². The average Bonchev–Trinajstić information content (AvgIpc) is 3.36. The molecule has 1 fully saturated rings. The number of benzene rings is 3. The average molecular weight is 426 g/mol. The van der Waals surface area contributed by atoms with E-state index in [1.54, 1.807) is 18.2 Å². The standard InChI is InChI=1S/C29H31NO2/c1-32-22-12-10-20(11-13-22)28(31)21-14-16-30(17-15-21)19-29-18-25(23-6-2-4-8-26(23)29)24-7-3-5-9-27(24)29/h2-13,21,25,28,31H,14-19H2,1H3/t25?,28-,29?/m1/s1. The van der Waals surface area contributed by atoms with Gasteiger partial charge in [-0.3, -0.25) is 0 Å². The maximum atomic E-state index is 11.0. The van der Waals surface area contributed by atoms with E-state index in [4.69, 9.17) is 4.74 Å². The second kappa shape index (κ2) is 7.75. The van der Waals surface area contributed by atoms with E-state index in [2.05, 4.69) is 53.4 Å². The number of hydrogen-bond donors (Lipinski definition) is 1. The number of rotatable bonds is 5. The third-order valence-corrected chi connectivity index (χ3v) is 8.29. The first-order valence-corrected chi connectivity index (χ1v) is 11.9. The van der Waals surface area contributed by atoms with Crippen LogP contribution in [0, 0.1) is 5.92 Å². The van der Waals surface area contributed by atoms with Crippen LogP contribution in [0.25, 0.3) is 0 Å². The number of nitrogens with zero attached hydrogens (tertiary/aromatic N) is 1. The van der Waals surface area contributed by atoms with Crippen molar-refractivity contribution in [2.45, 2.75) is 36.7 Å². The summed E-state index contributed by atoms with van der Waals surface area (Å²) in [5.74, 6) is 1.70. The maximum Gasteiger partial charge on any atom is 0.118 e. The lowest BCUT2D eigenvalue weighted by Gasteiger charge is -2.40. The Balaban J connectivity index is 1.19. The van der Waals surface area contributed by atoms with Gasteiger partial charge in [0, 0.05) is 17.9 Å². The lowest BCUT2D eigenvalue weighted by molar-refractivity contribution is 0.0540. The number of fused-ring (bicyclic) bond motifs is 8. The van der Waals surface area contributed by atoms with Crippen LogP contribution >= 0.6 is 0 Å². The highest BCUT2D eigenvalue weighted by Gasteiger charge is 2.53. The van der Waals surface area contributed by atoms with E-state index in [1.165, 1.54) is 17.5 Å². The van der Waals surface area contributed by atoms with Crippen LogP contribution in [0.1, 0.15) is 59.1 Å². The van der Waals surface area contributed by atoms with Gasteiger partial charge in [-0.25, -0.2) is 0 Å². The van der Waals surface area contributed by atoms with Gasteiger partial charge in [-0.1, -0.05) is 60.7 Å². The van der Waals surface area contributed by atoms with Crippen LogP contribution < -0.4 is 4.74 Å². The van der Waals surface area contributed by atoms with Crippen molar-refractivity contribution in [3.8, 4) is 5.75 Å². The Morgan fingerprint density at radius 3 is 2.09 bits per heavy atom. The molecule has 2 aliphatic carbocycles. The minimum Gasteiger partial charge on any atom is -0.497 e. The minimum absolute atomic E-state index is 0.124. The Bertz CT molecular complexity index is 1070. The van der Waals surface area contributed by atoms with Gasteiger partial charge in [-0.05, 0) is 78.2 Å². The van der Waals surface area contributed by atoms with E-state index in [0.717, 1.165) is 43.8 Å². The zero-order chi connectivity index (χ0) is 21.7. The Morgan fingerprint density at radius 1 is 0.906 bits per heavy atom. The molecule has 1 aliphatic heterocycles. The molecule has 164 valence electrons. The Kier molecular flexibility index (Phi) is 4.85. The summed E-state index contributed by atoms with van der Waals surface area (Å²) in [6, 6.07) is 26.1. The van der Waals surface area contributed by atoms with Crippen LogP contribution in [0.5, 0.6) is 5.75 Å². The first-order chi connectivity index (χ1) is 15.7. The minimum atomic E-state index is -0.398. The summed E-state index contributed by atoms with van der Waals surface area (Å²) in [5, 5.41) is 11.0. The van der Waals surface area contributed by atoms with E-state index < -0.39 is 6.10 Å². The molecule has 3 aromatic rings. The van der Waals surface area contributed by atoms with Gasteiger partial charge in [0.2, 0.25) is 0 Å². The SMILES string of the molecule is COc1ccc([C@@H](O)C2CCN(CC34CC(c5ccccc53)c3ccccc34)CC2)cc1. The molecule has 0 amide bonds. The molecule has 1 N–H and O–H groups in total. The van der Waals surface area contributed by atoms with Crippen molar-refractivity contribution in [3.05, 3.63) is 101 Å². The first kappa shape index (κ1) is 20.0. The lowest BCUT2D eigenvalue weighted by Crippen LogP contribution is -2.44. The fourth-order valence-electron chi connectivity index (χ4n) is 6.69. The van der Waals surface area contributed by atoms with Gasteiger partial charge in [-0.2, -0.15) is 0 Å². The fourth-order valence-corrected chi connectivity index (χ4v) is 6.69. The number of aliphatic hydroxyl groups is 1. The van der Waals surface area contributed by atoms with E-state index in [1.807, 2.05) is 24.3 Å². The van der Waals surface area contributed by atoms with Gasteiger partial charge in [0.15, 0.2) is 0 Å². The summed E-state index contributed by atoms with van der Waals surface area (Å²) in [6.45, 7) is 3.19. The number of piperidine rings is 1. The molecule has 0 aromatic heterocycles. The van der Waals surface area contributed by atoms with Crippen LogP contribution in [-0.2, 0) is 5.41 Å². The first-order valence-electron chi connectivity index (χ1n) is 11.9. The van der Waals surface area contributed by atoms with Gasteiger partial charge in [-0.15, -0.1) is 0 Å². The Labute approximate surface area is 190 Å². The molecule has 1 atom stereocenters. The molecule has 1 heterocycles. The van der Waals surface area contributed by atoms with Gasteiger partial charge in [0.1, 0.15) is 5.75 Å². The number of aliphatic hydroxyl groups excluding tert-OH is 1. The van der Waals surface area contributed by atoms with Crippen LogP contribution in [-0.4, -0.2) is 36.8 Å². The molecule has 3 aromatic carbocycles. The highest BCUT2D eigenvalue weighted by atomic mass is 16.5. The molecule has 1 saturated heterocycles. The second-order valence-electron chi connectivity index (χ2n) is 9.84. The predicted molar refractivity (Wildman–Crippen MR) is 127 cm³/mol. The van der Waals surface area contributed by atoms with Crippen molar-refractivity contribution in [2.24, 2.45) is 5.92 Å². The van der Waals surface area contributed by atoms with Crippen LogP contribution in [0.3, 0.4) is 0 Å². The number of likely N-dealkylation sites (tertiary alicyclic amines) is 1. The van der Waals surface area contributed by atoms with Gasteiger partial charge in [0.25, 0.3) is 0 Å². The smallest absolute Gasteiger partial charge is 0.118 e. The summed E-state index contributed by atoms with van der Waals surface area (Å²) in [7, 11) is 1.67. The molecule has 6 rings (SSSR count). The third-order valence-electron chi connectivity index (χ3n) is 8.29. The molecule has 0 saturated carbocycles. The van der Waals surface area contributed by atoms with Crippen molar-refractivity contribution in [1.82, 2.24) is 4.90 Å². The molecule has 0 unspecified atom stereocenters. The maximum absolute atomic E-state index is 11.0. The van der Waals surface area contributed by atoms with Gasteiger partial charge >= 0.3 is 0 Å². The predicted octanol–water partition coefficient (Wildman–Crippen LogP) is 5.28. The third kappa shape index (κ3) is 3.02. The lowest BCUT2D eigenvalue weighted by atomic mass is 9.74. The molecule has 0 radical (unpaired) electrons. The molecular weight excluding hydrogens is 394 g/mol. The highest BCUT2D eigenvalue weighted by Crippen LogP contribution is 2.60. The summed E-state index contributed by atoms with van der Waals surface area (Å²) < 4.78 is 5.26. The summed E-state index contributed by atoms with van der Waals surface area (Å²) in [6.07, 6.45) is 2.89. The molecule has 32 heavy (non-hydrogen) atoms. The summed E-state index contributed by atoms with van der Waals surface area (Å²) in [4.78, 5) is 2.65. The van der Waals surface area contributed by atoms with E-state index in [0.29, 0.717) is 11.8 Å². The Hall–Kier alpha value is -2.62. The van der Waals surface area contributed by atoms with Crippen molar-refractivity contribution in [1.29, 1.82) is 0 Å². The van der Waals surface area contributed by atoms with Gasteiger partial charge < -0.3 is 14.7 Å². The van der Waals surface area contributed by atoms with Crippen LogP contribution in [0.15, 0.2) is 72.8 Å². The van der Waals surface area contributed by atoms with E-state index in [-0.39, 0.29) is 5.41 Å². The zero-order valence-electron chi connectivity index (χ0n) is 18.7. The van der Waals surface area contributed by atoms with Crippen molar-refractivity contribution < 1.29 is 9.84 Å². The van der Waals surface area contributed by atoms with Crippen molar-refractivity contribution in [3.63, 3.8) is 0 Å². The van der Waals surface area contributed by atoms with E-state index in [9.17, 15) is 5.11 Å². The molecule has 3 heteroatoms. The van der Waals surface area contributed by atoms with Crippen LogP contribution in [0.2, 0.25) is 0 Å². The molecule has 0 spiro atoms. The monoisotopic (exact) mass is 425 g/mol. The van der Waals surface area contributed by atoms with E-state index >= 15 is 0 Å². The number of methoxy groups -OCH3 is 1.